The first-order valence-corrected chi connectivity index (χ1v) is 10.1. The molecule has 7 heteroatoms. The van der Waals surface area contributed by atoms with Crippen LogP contribution in [0.4, 0.5) is 4.39 Å². The molecule has 0 fully saturated rings. The molecule has 1 amide bonds. The number of aromatic nitrogens is 2. The summed E-state index contributed by atoms with van der Waals surface area (Å²) in [6, 6.07) is 10.2. The lowest BCUT2D eigenvalue weighted by Crippen LogP contribution is -2.38. The van der Waals surface area contributed by atoms with E-state index in [4.69, 9.17) is 16.6 Å². The number of carbonyl (C=O) groups excluding carboxylic acids is 1. The van der Waals surface area contributed by atoms with Gasteiger partial charge >= 0.3 is 0 Å². The second kappa shape index (κ2) is 8.74. The number of fused-ring (bicyclic) bond motifs is 1. The molecule has 1 atom stereocenters. The largest absolute Gasteiger partial charge is 0.329 e. The van der Waals surface area contributed by atoms with Crippen LogP contribution >= 0.6 is 11.6 Å². The zero-order valence-corrected chi connectivity index (χ0v) is 17.4. The number of amides is 1. The minimum Gasteiger partial charge on any atom is -0.329 e. The van der Waals surface area contributed by atoms with Crippen molar-refractivity contribution in [2.45, 2.75) is 39.8 Å². The third-order valence-corrected chi connectivity index (χ3v) is 5.23. The van der Waals surface area contributed by atoms with E-state index < -0.39 is 11.9 Å². The van der Waals surface area contributed by atoms with Gasteiger partial charge in [-0.1, -0.05) is 24.6 Å². The molecule has 3 aromatic rings. The van der Waals surface area contributed by atoms with Crippen molar-refractivity contribution in [2.75, 3.05) is 6.54 Å². The molecule has 3 rings (SSSR count). The highest BCUT2D eigenvalue weighted by molar-refractivity contribution is 6.31. The van der Waals surface area contributed by atoms with Crippen molar-refractivity contribution < 1.29 is 9.18 Å². The van der Waals surface area contributed by atoms with Crippen LogP contribution in [0.25, 0.3) is 10.9 Å². The zero-order valence-electron chi connectivity index (χ0n) is 16.7. The van der Waals surface area contributed by atoms with Crippen molar-refractivity contribution in [2.24, 2.45) is 0 Å². The number of rotatable bonds is 6. The molecule has 5 nitrogen and oxygen atoms in total. The number of halogens is 2. The summed E-state index contributed by atoms with van der Waals surface area (Å²) in [4.78, 5) is 32.5. The summed E-state index contributed by atoms with van der Waals surface area (Å²) in [6.07, 6.45) is 0.549. The Hall–Kier alpha value is -2.73. The Bertz CT molecular complexity index is 1110. The fourth-order valence-corrected chi connectivity index (χ4v) is 3.77. The van der Waals surface area contributed by atoms with Gasteiger partial charge in [0.25, 0.3) is 11.5 Å². The minimum absolute atomic E-state index is 0.170. The van der Waals surface area contributed by atoms with Crippen molar-refractivity contribution in [1.82, 2.24) is 14.5 Å². The quantitative estimate of drug-likeness (QED) is 0.579. The van der Waals surface area contributed by atoms with E-state index in [1.807, 2.05) is 20.8 Å². The van der Waals surface area contributed by atoms with Crippen LogP contribution in [-0.4, -0.2) is 26.9 Å². The van der Waals surface area contributed by atoms with Crippen molar-refractivity contribution >= 4 is 28.4 Å². The molecule has 0 saturated carbocycles. The summed E-state index contributed by atoms with van der Waals surface area (Å²) in [5.74, 6) is -0.271. The van der Waals surface area contributed by atoms with Crippen LogP contribution in [0.5, 0.6) is 0 Å². The molecular formula is C22H23ClFN3O2. The average Bonchev–Trinajstić information content (AvgIpc) is 2.71. The van der Waals surface area contributed by atoms with Crippen molar-refractivity contribution in [1.29, 1.82) is 0 Å². The van der Waals surface area contributed by atoms with Gasteiger partial charge in [-0.05, 0) is 56.7 Å². The van der Waals surface area contributed by atoms with E-state index in [0.717, 1.165) is 0 Å². The monoisotopic (exact) mass is 415 g/mol. The molecule has 152 valence electrons. The van der Waals surface area contributed by atoms with Crippen LogP contribution in [0, 0.1) is 5.82 Å². The Labute approximate surface area is 173 Å². The van der Waals surface area contributed by atoms with Crippen molar-refractivity contribution in [3.8, 4) is 0 Å². The number of hydrogen-bond donors (Lipinski definition) is 0. The molecule has 1 aromatic heterocycles. The van der Waals surface area contributed by atoms with Crippen molar-refractivity contribution in [3.05, 3.63) is 75.0 Å². The first-order valence-electron chi connectivity index (χ1n) is 9.67. The SMILES string of the molecule is CCC(c1nc2cc(Cl)ccc2c(=O)n1CC)N(CC)C(=O)c1cccc(F)c1. The molecule has 0 N–H and O–H groups in total. The van der Waals surface area contributed by atoms with Gasteiger partial charge in [-0.3, -0.25) is 14.2 Å². The Morgan fingerprint density at radius 3 is 2.59 bits per heavy atom. The fraction of sp³-hybridized carbons (Fsp3) is 0.318. The molecule has 2 aromatic carbocycles. The van der Waals surface area contributed by atoms with E-state index in [0.29, 0.717) is 41.3 Å². The molecule has 0 saturated heterocycles. The summed E-state index contributed by atoms with van der Waals surface area (Å²) in [7, 11) is 0. The number of carbonyl (C=O) groups is 1. The van der Waals surface area contributed by atoms with Crippen LogP contribution in [0.1, 0.15) is 49.4 Å². The number of hydrogen-bond acceptors (Lipinski definition) is 3. The molecule has 0 aliphatic rings. The van der Waals surface area contributed by atoms with E-state index in [-0.39, 0.29) is 17.0 Å². The lowest BCUT2D eigenvalue weighted by molar-refractivity contribution is 0.0669. The molecule has 0 radical (unpaired) electrons. The Balaban J connectivity index is 2.16. The van der Waals surface area contributed by atoms with Gasteiger partial charge in [-0.2, -0.15) is 0 Å². The maximum absolute atomic E-state index is 13.6. The predicted octanol–water partition coefficient (Wildman–Crippen LogP) is 4.82. The third kappa shape index (κ3) is 4.03. The van der Waals surface area contributed by atoms with E-state index >= 15 is 0 Å². The normalized spacial score (nSPS) is 12.2. The summed E-state index contributed by atoms with van der Waals surface area (Å²) in [6.45, 7) is 6.46. The highest BCUT2D eigenvalue weighted by Gasteiger charge is 2.28. The van der Waals surface area contributed by atoms with Crippen molar-refractivity contribution in [3.63, 3.8) is 0 Å². The highest BCUT2D eigenvalue weighted by atomic mass is 35.5. The van der Waals surface area contributed by atoms with Gasteiger partial charge in [0.2, 0.25) is 0 Å². The number of benzene rings is 2. The Morgan fingerprint density at radius 1 is 1.21 bits per heavy atom. The van der Waals surface area contributed by atoms with Gasteiger partial charge in [0, 0.05) is 23.7 Å². The van der Waals surface area contributed by atoms with Crippen LogP contribution in [-0.2, 0) is 6.54 Å². The maximum atomic E-state index is 13.6. The average molecular weight is 416 g/mol. The molecule has 0 aliphatic heterocycles. The molecule has 1 unspecified atom stereocenters. The first kappa shape index (κ1) is 21.0. The second-order valence-electron chi connectivity index (χ2n) is 6.71. The molecule has 0 spiro atoms. The van der Waals surface area contributed by atoms with Gasteiger partial charge in [0.1, 0.15) is 11.6 Å². The van der Waals surface area contributed by atoms with Crippen LogP contribution < -0.4 is 5.56 Å². The maximum Gasteiger partial charge on any atom is 0.261 e. The lowest BCUT2D eigenvalue weighted by Gasteiger charge is -2.31. The zero-order chi connectivity index (χ0) is 21.1. The van der Waals surface area contributed by atoms with Gasteiger partial charge in [-0.25, -0.2) is 9.37 Å². The van der Waals surface area contributed by atoms with E-state index in [2.05, 4.69) is 0 Å². The van der Waals surface area contributed by atoms with E-state index in [1.165, 1.54) is 18.2 Å². The van der Waals surface area contributed by atoms with E-state index in [1.54, 1.807) is 33.7 Å². The van der Waals surface area contributed by atoms with Gasteiger partial charge in [0.05, 0.1) is 16.9 Å². The molecule has 0 aliphatic carbocycles. The Morgan fingerprint density at radius 2 is 1.97 bits per heavy atom. The molecular weight excluding hydrogens is 393 g/mol. The Kier molecular flexibility index (Phi) is 6.33. The number of nitrogens with zero attached hydrogens (tertiary/aromatic N) is 3. The summed E-state index contributed by atoms with van der Waals surface area (Å²) in [5, 5.41) is 0.968. The fourth-order valence-electron chi connectivity index (χ4n) is 3.61. The molecule has 0 bridgehead atoms. The van der Waals surface area contributed by atoms with Crippen LogP contribution in [0.3, 0.4) is 0 Å². The highest BCUT2D eigenvalue weighted by Crippen LogP contribution is 2.26. The van der Waals surface area contributed by atoms with Crippen LogP contribution in [0.2, 0.25) is 5.02 Å². The summed E-state index contributed by atoms with van der Waals surface area (Å²) in [5.41, 5.74) is 0.589. The first-order chi connectivity index (χ1) is 13.9. The second-order valence-corrected chi connectivity index (χ2v) is 7.14. The summed E-state index contributed by atoms with van der Waals surface area (Å²) >= 11 is 6.10. The predicted molar refractivity (Wildman–Crippen MR) is 113 cm³/mol. The standard InChI is InChI=1S/C22H23ClFN3O2/c1-4-19(26(5-2)21(28)14-8-7-9-16(24)12-14)20-25-18-13-15(23)10-11-17(18)22(29)27(20)6-3/h7-13,19H,4-6H2,1-3H3. The van der Waals surface area contributed by atoms with Gasteiger partial charge < -0.3 is 4.90 Å². The molecule has 29 heavy (non-hydrogen) atoms. The topological polar surface area (TPSA) is 55.2 Å². The third-order valence-electron chi connectivity index (χ3n) is 5.00. The molecule has 1 heterocycles. The van der Waals surface area contributed by atoms with Gasteiger partial charge in [0.15, 0.2) is 0 Å². The van der Waals surface area contributed by atoms with E-state index in [9.17, 15) is 14.0 Å². The van der Waals surface area contributed by atoms with Gasteiger partial charge in [-0.15, -0.1) is 0 Å². The summed E-state index contributed by atoms with van der Waals surface area (Å²) < 4.78 is 15.2. The minimum atomic E-state index is -0.469. The lowest BCUT2D eigenvalue weighted by atomic mass is 10.1. The van der Waals surface area contributed by atoms with Crippen LogP contribution in [0.15, 0.2) is 47.3 Å². The smallest absolute Gasteiger partial charge is 0.261 e.